The van der Waals surface area contributed by atoms with E-state index in [1.165, 1.54) is 0 Å². The summed E-state index contributed by atoms with van der Waals surface area (Å²) in [5.41, 5.74) is 12.6. The molecule has 4 rings (SSSR count). The molecule has 4 fully saturated rings. The van der Waals surface area contributed by atoms with Gasteiger partial charge in [0, 0.05) is 23.6 Å². The zero-order chi connectivity index (χ0) is 58.2. The molecule has 3 radical (unpaired) electrons. The third-order valence-electron chi connectivity index (χ3n) is 8.63. The molecule has 0 bridgehead atoms. The average molecular weight is 1120 g/mol. The van der Waals surface area contributed by atoms with Crippen molar-refractivity contribution in [3.8, 4) is 0 Å². The average Bonchev–Trinajstić information content (AvgIpc) is 3.54. The number of hydrogen-bond acceptors (Lipinski definition) is 26. The number of nitrogens with one attached hydrogen (secondary N) is 3. The second-order valence-electron chi connectivity index (χ2n) is 15.9. The molecular formula is C43H61B3Cl2N5O23. The van der Waals surface area contributed by atoms with Crippen LogP contribution in [0.2, 0.25) is 0 Å². The Kier molecular flexibility index (Phi) is 40.2. The highest BCUT2D eigenvalue weighted by molar-refractivity contribution is 6.65. The molecule has 0 saturated carbocycles. The number of aliphatic carboxylic acids is 2. The molecular weight excluding hydrogens is 1060 g/mol. The van der Waals surface area contributed by atoms with Crippen LogP contribution in [-0.2, 0) is 100 Å². The molecule has 0 amide bonds. The maximum atomic E-state index is 11.5. The van der Waals surface area contributed by atoms with Gasteiger partial charge in [-0.05, 0) is 16.7 Å². The molecule has 0 aromatic heterocycles. The van der Waals surface area contributed by atoms with Crippen molar-refractivity contribution in [2.24, 2.45) is 23.3 Å². The van der Waals surface area contributed by atoms with Gasteiger partial charge in [0.1, 0.15) is 56.6 Å². The Labute approximate surface area is 449 Å². The number of rotatable bonds is 14. The standard InChI is InChI=1S/C9H13BNO5.C9H11BNO5.C8H13NO4.C8H11NO4.C5H7BNO5.C4H6Cl2/c2*1-6-3-15-8(13)2-7(11-10-5-12)9(14)16-4-6;2*1-5-3-12-7(10)2-6(9)8(11)13-4-5;8-2-6-7-3(5(11)12)1-4(9)10;1-4(2-5)3-6/h5-7,11H,2-4H2,1H3;5,7,11H,1-4H2;5-6H,2-4,9H2,1H3;6H,1-4,9H2;2-3,7H,1H2,(H,9,10)(H,11,12);1-3H2. The fourth-order valence-corrected chi connectivity index (χ4v) is 4.92. The Morgan fingerprint density at radius 2 is 0.934 bits per heavy atom. The summed E-state index contributed by atoms with van der Waals surface area (Å²) >= 11 is 10.5. The fourth-order valence-electron chi connectivity index (χ4n) is 4.64. The Morgan fingerprint density at radius 3 is 1.33 bits per heavy atom. The fraction of sp³-hybridized carbons (Fsp3) is 0.558. The molecule has 9 N–H and O–H groups in total. The van der Waals surface area contributed by atoms with Crippen LogP contribution in [-0.4, -0.2) is 206 Å². The van der Waals surface area contributed by atoms with E-state index in [0.29, 0.717) is 41.5 Å². The number of carboxylic acid groups (broad SMARTS) is 2. The normalized spacial score (nSPS) is 22.4. The van der Waals surface area contributed by atoms with Gasteiger partial charge in [-0.3, -0.25) is 47.9 Å². The van der Waals surface area contributed by atoms with Gasteiger partial charge in [-0.15, -0.1) is 23.2 Å². The van der Waals surface area contributed by atoms with Crippen molar-refractivity contribution in [1.29, 1.82) is 0 Å². The minimum Gasteiger partial charge on any atom is -0.481 e. The van der Waals surface area contributed by atoms with Gasteiger partial charge >= 0.3 is 59.7 Å². The summed E-state index contributed by atoms with van der Waals surface area (Å²) in [4.78, 5) is 140. The predicted octanol–water partition coefficient (Wildman–Crippen LogP) is -3.19. The molecule has 7 unspecified atom stereocenters. The first kappa shape index (κ1) is 71.6. The molecule has 0 aromatic carbocycles. The SMILES string of the molecule is C=C(CCl)CCl.C=C1COC(=O)CC(N)C(=O)OC1.C=C1COC(=O)CC(N[B]C=O)C(=O)OC1.CC1COC(=O)CC(N)C(=O)OC1.CC1COC(=O)CC(N[B]C=O)C(=O)OC1.O=C[B]NC(CC(=O)O)C(=O)O. The molecule has 76 heavy (non-hydrogen) atoms. The number of esters is 8. The van der Waals surface area contributed by atoms with Crippen LogP contribution in [0.1, 0.15) is 46.0 Å². The quantitative estimate of drug-likeness (QED) is 0.0225. The molecule has 7 atom stereocenters. The van der Waals surface area contributed by atoms with E-state index < -0.39 is 96.3 Å². The first-order chi connectivity index (χ1) is 35.8. The number of halogens is 2. The van der Waals surface area contributed by atoms with Crippen LogP contribution in [0.4, 0.5) is 0 Å². The molecule has 0 aromatic rings. The number of nitrogens with two attached hydrogens (primary N) is 2. The second-order valence-corrected chi connectivity index (χ2v) is 16.5. The third-order valence-corrected chi connectivity index (χ3v) is 9.39. The van der Waals surface area contributed by atoms with E-state index in [-0.39, 0.29) is 90.4 Å². The maximum absolute atomic E-state index is 11.5. The van der Waals surface area contributed by atoms with E-state index in [0.717, 1.165) is 27.8 Å². The van der Waals surface area contributed by atoms with E-state index >= 15 is 0 Å². The highest BCUT2D eigenvalue weighted by Gasteiger charge is 2.28. The Morgan fingerprint density at radius 1 is 0.592 bits per heavy atom. The van der Waals surface area contributed by atoms with Crippen molar-refractivity contribution in [2.45, 2.75) is 76.2 Å². The third kappa shape index (κ3) is 37.3. The van der Waals surface area contributed by atoms with Crippen molar-refractivity contribution in [3.05, 3.63) is 36.5 Å². The van der Waals surface area contributed by atoms with Crippen LogP contribution in [0.3, 0.4) is 0 Å². The van der Waals surface area contributed by atoms with Gasteiger partial charge in [-0.2, -0.15) is 0 Å². The van der Waals surface area contributed by atoms with Gasteiger partial charge in [0.25, 0.3) is 22.2 Å². The van der Waals surface area contributed by atoms with Gasteiger partial charge in [0.15, 0.2) is 0 Å². The zero-order valence-electron chi connectivity index (χ0n) is 41.6. The van der Waals surface area contributed by atoms with Crippen LogP contribution < -0.4 is 27.2 Å². The van der Waals surface area contributed by atoms with Gasteiger partial charge in [-0.1, -0.05) is 33.6 Å². The Bertz CT molecular complexity index is 2000. The summed E-state index contributed by atoms with van der Waals surface area (Å²) < 4.78 is 38.7. The first-order valence-electron chi connectivity index (χ1n) is 22.3. The predicted molar refractivity (Wildman–Crippen MR) is 267 cm³/mol. The summed E-state index contributed by atoms with van der Waals surface area (Å²) in [5, 5.41) is 23.7. The lowest BCUT2D eigenvalue weighted by Crippen LogP contribution is -2.42. The lowest BCUT2D eigenvalue weighted by Gasteiger charge is -2.13. The summed E-state index contributed by atoms with van der Waals surface area (Å²) in [6, 6.07) is -4.84. The smallest absolute Gasteiger partial charge is 0.323 e. The highest BCUT2D eigenvalue weighted by Crippen LogP contribution is 2.09. The van der Waals surface area contributed by atoms with Gasteiger partial charge < -0.3 is 89.6 Å². The molecule has 0 aliphatic carbocycles. The van der Waals surface area contributed by atoms with Crippen molar-refractivity contribution >= 4 is 124 Å². The number of carbonyl (C=O) groups is 13. The van der Waals surface area contributed by atoms with Gasteiger partial charge in [0.2, 0.25) is 0 Å². The number of carboxylic acids is 2. The molecule has 4 heterocycles. The van der Waals surface area contributed by atoms with Crippen molar-refractivity contribution in [2.75, 3.05) is 64.6 Å². The van der Waals surface area contributed by atoms with E-state index in [1.54, 1.807) is 0 Å². The van der Waals surface area contributed by atoms with E-state index in [2.05, 4.69) is 35.4 Å². The highest BCUT2D eigenvalue weighted by atomic mass is 35.5. The van der Waals surface area contributed by atoms with E-state index in [1.807, 2.05) is 13.8 Å². The molecule has 0 spiro atoms. The van der Waals surface area contributed by atoms with Gasteiger partial charge in [0.05, 0.1) is 77.1 Å². The van der Waals surface area contributed by atoms with Crippen LogP contribution in [0.15, 0.2) is 36.5 Å². The van der Waals surface area contributed by atoms with E-state index in [9.17, 15) is 62.3 Å². The molecule has 4 aliphatic rings. The monoisotopic (exact) mass is 1120 g/mol. The Balaban J connectivity index is 0. The number of cyclic esters (lactones) is 8. The summed E-state index contributed by atoms with van der Waals surface area (Å²) in [6.45, 7) is 15.4. The van der Waals surface area contributed by atoms with Crippen molar-refractivity contribution in [3.63, 3.8) is 0 Å². The molecule has 4 aliphatic heterocycles. The van der Waals surface area contributed by atoms with Crippen LogP contribution in [0.25, 0.3) is 0 Å². The minimum atomic E-state index is -1.31. The minimum absolute atomic E-state index is 0.00534. The maximum Gasteiger partial charge on any atom is 0.323 e. The van der Waals surface area contributed by atoms with Crippen molar-refractivity contribution in [1.82, 2.24) is 15.7 Å². The van der Waals surface area contributed by atoms with E-state index in [4.69, 9.17) is 82.8 Å². The number of carbonyl (C=O) groups excluding carboxylic acids is 11. The largest absolute Gasteiger partial charge is 0.481 e. The molecule has 419 valence electrons. The summed E-state index contributed by atoms with van der Waals surface area (Å²) in [5.74, 6) is -5.88. The van der Waals surface area contributed by atoms with Gasteiger partial charge in [-0.25, -0.2) is 0 Å². The first-order valence-corrected chi connectivity index (χ1v) is 23.4. The molecule has 28 nitrogen and oxygen atoms in total. The topological polar surface area (TPSA) is 424 Å². The molecule has 4 saturated heterocycles. The Hall–Kier alpha value is -6.50. The lowest BCUT2D eigenvalue weighted by atomic mass is 9.96. The number of alkyl halides is 2. The van der Waals surface area contributed by atoms with Crippen molar-refractivity contribution < 1.29 is 110 Å². The number of hydrogen-bond donors (Lipinski definition) is 7. The van der Waals surface area contributed by atoms with Crippen LogP contribution in [0, 0.1) is 11.8 Å². The summed E-state index contributed by atoms with van der Waals surface area (Å²) in [6.07, 6.45) is 0.166. The molecule has 33 heteroatoms. The summed E-state index contributed by atoms with van der Waals surface area (Å²) in [7, 11) is 2.94. The number of allylic oxidation sites excluding steroid dienone is 1. The lowest BCUT2D eigenvalue weighted by molar-refractivity contribution is -0.149. The van der Waals surface area contributed by atoms with Crippen LogP contribution >= 0.6 is 23.2 Å². The number of ether oxygens (including phenoxy) is 8. The zero-order valence-corrected chi connectivity index (χ0v) is 43.1. The second kappa shape index (κ2) is 42.7. The van der Waals surface area contributed by atoms with Crippen LogP contribution in [0.5, 0.6) is 0 Å².